The topological polar surface area (TPSA) is 78.9 Å². The van der Waals surface area contributed by atoms with Crippen LogP contribution in [0.25, 0.3) is 0 Å². The molecule has 6 heteroatoms. The Kier molecular flexibility index (Phi) is 49.8. The molecule has 0 aromatic carbocycles. The van der Waals surface area contributed by atoms with Gasteiger partial charge in [-0.05, 0) is 89.9 Å². The van der Waals surface area contributed by atoms with Crippen molar-refractivity contribution < 1.29 is 28.6 Å². The van der Waals surface area contributed by atoms with Crippen molar-refractivity contribution in [3.8, 4) is 0 Å². The Morgan fingerprint density at radius 2 is 0.603 bits per heavy atom. The number of hydrogen-bond donors (Lipinski definition) is 0. The summed E-state index contributed by atoms with van der Waals surface area (Å²) in [5.74, 6) is -0.964. The zero-order chi connectivity index (χ0) is 45.8. The summed E-state index contributed by atoms with van der Waals surface area (Å²) >= 11 is 0. The van der Waals surface area contributed by atoms with Gasteiger partial charge in [0.1, 0.15) is 13.2 Å². The monoisotopic (exact) mass is 883 g/mol. The number of esters is 3. The van der Waals surface area contributed by atoms with Gasteiger partial charge in [-0.15, -0.1) is 0 Å². The van der Waals surface area contributed by atoms with Crippen LogP contribution in [-0.4, -0.2) is 37.2 Å². The number of carbonyl (C=O) groups excluding carboxylic acids is 3. The Balaban J connectivity index is 4.42. The standard InChI is InChI=1S/C57H102O6/c1-4-7-10-13-16-19-22-25-27-28-30-32-35-38-41-44-47-50-56(59)62-53-54(52-61-55(58)49-46-43-40-37-34-31-24-21-18-15-12-9-6-3)63-57(60)51-48-45-42-39-36-33-29-26-23-20-17-14-11-8-5-2/h20,23,25,27,31,34,40,43,54H,4-19,21-22,24,26,28-30,32-33,35-39,41-42,44-53H2,1-3H3/b23-20+,27-25+,34-31+,43-40+. The Hall–Kier alpha value is -2.63. The Bertz CT molecular complexity index is 1110. The van der Waals surface area contributed by atoms with Gasteiger partial charge < -0.3 is 14.2 Å². The van der Waals surface area contributed by atoms with Crippen molar-refractivity contribution in [2.45, 2.75) is 284 Å². The molecule has 0 aromatic heterocycles. The van der Waals surface area contributed by atoms with Gasteiger partial charge in [0.2, 0.25) is 0 Å². The molecule has 0 N–H and O–H groups in total. The fraction of sp³-hybridized carbons (Fsp3) is 0.807. The molecule has 1 unspecified atom stereocenters. The fourth-order valence-electron chi connectivity index (χ4n) is 7.66. The molecule has 0 aliphatic rings. The van der Waals surface area contributed by atoms with E-state index in [0.717, 1.165) is 51.4 Å². The number of carbonyl (C=O) groups is 3. The van der Waals surface area contributed by atoms with E-state index in [4.69, 9.17) is 14.2 Å². The van der Waals surface area contributed by atoms with E-state index in [2.05, 4.69) is 63.3 Å². The van der Waals surface area contributed by atoms with E-state index in [-0.39, 0.29) is 37.5 Å². The molecule has 0 aliphatic carbocycles. The zero-order valence-corrected chi connectivity index (χ0v) is 41.8. The molecule has 0 aromatic rings. The minimum absolute atomic E-state index is 0.0930. The maximum absolute atomic E-state index is 12.8. The summed E-state index contributed by atoms with van der Waals surface area (Å²) in [5.41, 5.74) is 0. The Morgan fingerprint density at radius 3 is 1.00 bits per heavy atom. The van der Waals surface area contributed by atoms with Gasteiger partial charge in [-0.2, -0.15) is 0 Å². The first-order chi connectivity index (χ1) is 31.0. The Labute approximate surface area is 390 Å². The second-order valence-electron chi connectivity index (χ2n) is 18.1. The minimum atomic E-state index is -0.798. The van der Waals surface area contributed by atoms with E-state index in [1.807, 2.05) is 6.08 Å². The lowest BCUT2D eigenvalue weighted by Crippen LogP contribution is -2.30. The van der Waals surface area contributed by atoms with Gasteiger partial charge in [0, 0.05) is 19.3 Å². The first-order valence-corrected chi connectivity index (χ1v) is 27.1. The molecule has 6 nitrogen and oxygen atoms in total. The van der Waals surface area contributed by atoms with E-state index in [1.54, 1.807) is 0 Å². The number of allylic oxidation sites excluding steroid dienone is 8. The van der Waals surface area contributed by atoms with E-state index >= 15 is 0 Å². The second kappa shape index (κ2) is 52.0. The number of unbranched alkanes of at least 4 members (excludes halogenated alkanes) is 30. The van der Waals surface area contributed by atoms with Gasteiger partial charge >= 0.3 is 17.9 Å². The zero-order valence-electron chi connectivity index (χ0n) is 41.8. The summed E-state index contributed by atoms with van der Waals surface area (Å²) in [6.45, 7) is 6.57. The maximum atomic E-state index is 12.8. The molecule has 0 saturated heterocycles. The van der Waals surface area contributed by atoms with Gasteiger partial charge in [0.25, 0.3) is 0 Å². The second-order valence-corrected chi connectivity index (χ2v) is 18.1. The van der Waals surface area contributed by atoms with Crippen molar-refractivity contribution in [2.24, 2.45) is 0 Å². The van der Waals surface area contributed by atoms with E-state index < -0.39 is 6.10 Å². The summed E-state index contributed by atoms with van der Waals surface area (Å²) in [5, 5.41) is 0. The molecular weight excluding hydrogens is 781 g/mol. The average Bonchev–Trinajstić information content (AvgIpc) is 3.28. The summed E-state index contributed by atoms with van der Waals surface area (Å²) in [6.07, 6.45) is 62.5. The molecule has 0 heterocycles. The largest absolute Gasteiger partial charge is 0.462 e. The number of hydrogen-bond acceptors (Lipinski definition) is 6. The third kappa shape index (κ3) is 50.2. The first-order valence-electron chi connectivity index (χ1n) is 27.1. The van der Waals surface area contributed by atoms with E-state index in [0.29, 0.717) is 19.3 Å². The molecule has 0 rings (SSSR count). The van der Waals surface area contributed by atoms with Crippen LogP contribution in [-0.2, 0) is 28.6 Å². The van der Waals surface area contributed by atoms with Crippen LogP contribution in [0.1, 0.15) is 278 Å². The molecule has 0 aliphatic heterocycles. The summed E-state index contributed by atoms with van der Waals surface area (Å²) in [6, 6.07) is 0. The molecule has 0 fully saturated rings. The molecule has 63 heavy (non-hydrogen) atoms. The third-order valence-electron chi connectivity index (χ3n) is 11.8. The highest BCUT2D eigenvalue weighted by molar-refractivity contribution is 5.71. The summed E-state index contributed by atoms with van der Waals surface area (Å²) < 4.78 is 16.8. The van der Waals surface area contributed by atoms with Gasteiger partial charge in [-0.1, -0.05) is 217 Å². The summed E-state index contributed by atoms with van der Waals surface area (Å²) in [7, 11) is 0. The number of ether oxygens (including phenoxy) is 3. The predicted octanol–water partition coefficient (Wildman–Crippen LogP) is 17.9. The Morgan fingerprint density at radius 1 is 0.317 bits per heavy atom. The number of rotatable bonds is 49. The SMILES string of the molecule is CCCCCC/C=C/CCCCCCCCCC(=O)OC(COC(=O)CC/C=C/C/C=C/CCCCCCCC)COC(=O)CCCCCCCCC/C=C/CCCCCCCC. The molecule has 0 radical (unpaired) electrons. The summed E-state index contributed by atoms with van der Waals surface area (Å²) in [4.78, 5) is 38.0. The normalized spacial score (nSPS) is 12.4. The van der Waals surface area contributed by atoms with Gasteiger partial charge in [-0.25, -0.2) is 0 Å². The van der Waals surface area contributed by atoms with Crippen LogP contribution in [0.3, 0.4) is 0 Å². The van der Waals surface area contributed by atoms with Crippen molar-refractivity contribution in [3.05, 3.63) is 48.6 Å². The van der Waals surface area contributed by atoms with Crippen molar-refractivity contribution >= 4 is 17.9 Å². The van der Waals surface area contributed by atoms with Crippen LogP contribution in [0.15, 0.2) is 48.6 Å². The molecule has 0 saturated carbocycles. The lowest BCUT2D eigenvalue weighted by atomic mass is 10.1. The molecular formula is C57H102O6. The molecule has 366 valence electrons. The van der Waals surface area contributed by atoms with Crippen LogP contribution in [0, 0.1) is 0 Å². The smallest absolute Gasteiger partial charge is 0.306 e. The van der Waals surface area contributed by atoms with Crippen molar-refractivity contribution in [1.29, 1.82) is 0 Å². The van der Waals surface area contributed by atoms with Crippen molar-refractivity contribution in [2.75, 3.05) is 13.2 Å². The predicted molar refractivity (Wildman–Crippen MR) is 270 cm³/mol. The van der Waals surface area contributed by atoms with Crippen LogP contribution in [0.4, 0.5) is 0 Å². The first kappa shape index (κ1) is 60.4. The lowest BCUT2D eigenvalue weighted by molar-refractivity contribution is -0.166. The molecule has 0 amide bonds. The highest BCUT2D eigenvalue weighted by atomic mass is 16.6. The van der Waals surface area contributed by atoms with Crippen LogP contribution in [0.2, 0.25) is 0 Å². The third-order valence-corrected chi connectivity index (χ3v) is 11.8. The van der Waals surface area contributed by atoms with Crippen molar-refractivity contribution in [1.82, 2.24) is 0 Å². The highest BCUT2D eigenvalue weighted by Crippen LogP contribution is 2.15. The minimum Gasteiger partial charge on any atom is -0.462 e. The molecule has 0 bridgehead atoms. The highest BCUT2D eigenvalue weighted by Gasteiger charge is 2.19. The van der Waals surface area contributed by atoms with Crippen LogP contribution < -0.4 is 0 Å². The maximum Gasteiger partial charge on any atom is 0.306 e. The van der Waals surface area contributed by atoms with Gasteiger partial charge in [-0.3, -0.25) is 14.4 Å². The molecule has 0 spiro atoms. The lowest BCUT2D eigenvalue weighted by Gasteiger charge is -2.18. The van der Waals surface area contributed by atoms with E-state index in [9.17, 15) is 14.4 Å². The fourth-order valence-corrected chi connectivity index (χ4v) is 7.66. The van der Waals surface area contributed by atoms with Gasteiger partial charge in [0.15, 0.2) is 6.10 Å². The quantitative estimate of drug-likeness (QED) is 0.0262. The van der Waals surface area contributed by atoms with Crippen LogP contribution in [0.5, 0.6) is 0 Å². The molecule has 1 atom stereocenters. The average molecular weight is 883 g/mol. The van der Waals surface area contributed by atoms with E-state index in [1.165, 1.54) is 180 Å². The van der Waals surface area contributed by atoms with Gasteiger partial charge in [0.05, 0.1) is 0 Å². The van der Waals surface area contributed by atoms with Crippen LogP contribution >= 0.6 is 0 Å². The van der Waals surface area contributed by atoms with Crippen molar-refractivity contribution in [3.63, 3.8) is 0 Å².